The van der Waals surface area contributed by atoms with Crippen LogP contribution >= 0.6 is 0 Å². The summed E-state index contributed by atoms with van der Waals surface area (Å²) < 4.78 is 45.5. The van der Waals surface area contributed by atoms with Crippen molar-refractivity contribution < 1.29 is 17.5 Å². The van der Waals surface area contributed by atoms with Gasteiger partial charge in [-0.2, -0.15) is 0 Å². The standard InChI is InChI=1S/C27H24FNO3S/c28-23-12-14-24(15-13-23)32-26-8-4-5-9-27(26)33(30,31)25-16-10-21(11-17-25)18-19-29-20-22-6-2-1-3-7-22/h1-17,29H,18-20H2. The van der Waals surface area contributed by atoms with E-state index >= 15 is 0 Å². The van der Waals surface area contributed by atoms with Crippen molar-refractivity contribution in [1.82, 2.24) is 5.32 Å². The second-order valence-electron chi connectivity index (χ2n) is 7.56. The SMILES string of the molecule is O=S(=O)(c1ccc(CCNCc2ccccc2)cc1)c1ccccc1Oc1ccc(F)cc1. The summed E-state index contributed by atoms with van der Waals surface area (Å²) in [6.07, 6.45) is 0.789. The van der Waals surface area contributed by atoms with E-state index in [1.165, 1.54) is 35.9 Å². The van der Waals surface area contributed by atoms with Gasteiger partial charge in [-0.3, -0.25) is 0 Å². The summed E-state index contributed by atoms with van der Waals surface area (Å²) in [5, 5.41) is 3.40. The van der Waals surface area contributed by atoms with Crippen molar-refractivity contribution in [2.24, 2.45) is 0 Å². The van der Waals surface area contributed by atoms with Crippen LogP contribution in [0.3, 0.4) is 0 Å². The topological polar surface area (TPSA) is 55.4 Å². The molecule has 0 aliphatic carbocycles. The molecule has 0 aromatic heterocycles. The van der Waals surface area contributed by atoms with Crippen molar-refractivity contribution in [1.29, 1.82) is 0 Å². The Morgan fingerprint density at radius 2 is 1.39 bits per heavy atom. The Hall–Kier alpha value is -3.48. The number of hydrogen-bond acceptors (Lipinski definition) is 4. The number of nitrogens with one attached hydrogen (secondary N) is 1. The zero-order chi connectivity index (χ0) is 23.1. The fourth-order valence-electron chi connectivity index (χ4n) is 3.41. The molecule has 0 fully saturated rings. The quantitative estimate of drug-likeness (QED) is 0.321. The fraction of sp³-hybridized carbons (Fsp3) is 0.111. The third-order valence-corrected chi connectivity index (χ3v) is 6.99. The van der Waals surface area contributed by atoms with E-state index in [4.69, 9.17) is 4.74 Å². The third kappa shape index (κ3) is 5.86. The van der Waals surface area contributed by atoms with E-state index in [1.807, 2.05) is 30.3 Å². The van der Waals surface area contributed by atoms with Crippen LogP contribution in [-0.2, 0) is 22.8 Å². The molecule has 0 radical (unpaired) electrons. The minimum Gasteiger partial charge on any atom is -0.456 e. The summed E-state index contributed by atoms with van der Waals surface area (Å²) in [7, 11) is -3.79. The molecule has 0 atom stereocenters. The van der Waals surface area contributed by atoms with Crippen molar-refractivity contribution in [2.45, 2.75) is 22.8 Å². The lowest BCUT2D eigenvalue weighted by Crippen LogP contribution is -2.16. The molecule has 0 bridgehead atoms. The molecule has 0 spiro atoms. The van der Waals surface area contributed by atoms with E-state index in [1.54, 1.807) is 30.3 Å². The minimum atomic E-state index is -3.79. The Morgan fingerprint density at radius 3 is 2.12 bits per heavy atom. The third-order valence-electron chi connectivity index (χ3n) is 5.18. The summed E-state index contributed by atoms with van der Waals surface area (Å²) in [4.78, 5) is 0.255. The van der Waals surface area contributed by atoms with Crippen LogP contribution < -0.4 is 10.1 Å². The maximum absolute atomic E-state index is 13.3. The number of ether oxygens (including phenoxy) is 1. The average molecular weight is 462 g/mol. The van der Waals surface area contributed by atoms with Crippen molar-refractivity contribution in [3.63, 3.8) is 0 Å². The lowest BCUT2D eigenvalue weighted by Gasteiger charge is -2.12. The van der Waals surface area contributed by atoms with Crippen molar-refractivity contribution in [3.8, 4) is 11.5 Å². The molecule has 4 aromatic carbocycles. The first kappa shape index (κ1) is 22.7. The van der Waals surface area contributed by atoms with Crippen LogP contribution in [0.15, 0.2) is 113 Å². The lowest BCUT2D eigenvalue weighted by atomic mass is 10.1. The van der Waals surface area contributed by atoms with E-state index in [2.05, 4.69) is 17.4 Å². The molecule has 0 heterocycles. The minimum absolute atomic E-state index is 0.0617. The zero-order valence-corrected chi connectivity index (χ0v) is 18.8. The highest BCUT2D eigenvalue weighted by Gasteiger charge is 2.22. The first-order valence-corrected chi connectivity index (χ1v) is 12.1. The first-order chi connectivity index (χ1) is 16.0. The second kappa shape index (κ2) is 10.4. The molecule has 0 unspecified atom stereocenters. The van der Waals surface area contributed by atoms with Crippen molar-refractivity contribution in [3.05, 3.63) is 120 Å². The highest BCUT2D eigenvalue weighted by atomic mass is 32.2. The molecule has 1 N–H and O–H groups in total. The predicted octanol–water partition coefficient (Wildman–Crippen LogP) is 5.78. The maximum Gasteiger partial charge on any atom is 0.210 e. The van der Waals surface area contributed by atoms with E-state index in [-0.39, 0.29) is 15.5 Å². The molecule has 0 saturated heterocycles. The summed E-state index contributed by atoms with van der Waals surface area (Å²) in [6, 6.07) is 29.0. The first-order valence-electron chi connectivity index (χ1n) is 10.6. The van der Waals surface area contributed by atoms with E-state index in [9.17, 15) is 12.8 Å². The Labute approximate surface area is 193 Å². The van der Waals surface area contributed by atoms with Gasteiger partial charge in [-0.05, 0) is 72.6 Å². The van der Waals surface area contributed by atoms with Gasteiger partial charge in [0, 0.05) is 6.54 Å². The van der Waals surface area contributed by atoms with Gasteiger partial charge in [0.1, 0.15) is 22.2 Å². The highest BCUT2D eigenvalue weighted by molar-refractivity contribution is 7.91. The molecule has 0 amide bonds. The fourth-order valence-corrected chi connectivity index (χ4v) is 4.79. The van der Waals surface area contributed by atoms with Crippen LogP contribution in [0, 0.1) is 5.82 Å². The monoisotopic (exact) mass is 461 g/mol. The summed E-state index contributed by atoms with van der Waals surface area (Å²) in [6.45, 7) is 1.58. The number of sulfone groups is 1. The number of hydrogen-bond donors (Lipinski definition) is 1. The van der Waals surface area contributed by atoms with Crippen LogP contribution in [0.1, 0.15) is 11.1 Å². The van der Waals surface area contributed by atoms with Gasteiger partial charge in [0.25, 0.3) is 0 Å². The van der Waals surface area contributed by atoms with Crippen LogP contribution in [-0.4, -0.2) is 15.0 Å². The smallest absolute Gasteiger partial charge is 0.210 e. The van der Waals surface area contributed by atoms with E-state index in [0.717, 1.165) is 25.1 Å². The molecule has 0 aliphatic rings. The van der Waals surface area contributed by atoms with Crippen LogP contribution in [0.4, 0.5) is 4.39 Å². The number of rotatable bonds is 9. The van der Waals surface area contributed by atoms with Gasteiger partial charge in [0.05, 0.1) is 4.90 Å². The Balaban J connectivity index is 1.43. The molecule has 4 aromatic rings. The van der Waals surface area contributed by atoms with E-state index in [0.29, 0.717) is 5.75 Å². The molecule has 33 heavy (non-hydrogen) atoms. The summed E-state index contributed by atoms with van der Waals surface area (Å²) >= 11 is 0. The van der Waals surface area contributed by atoms with Gasteiger partial charge >= 0.3 is 0 Å². The zero-order valence-electron chi connectivity index (χ0n) is 17.9. The molecule has 168 valence electrons. The van der Waals surface area contributed by atoms with Gasteiger partial charge in [-0.25, -0.2) is 12.8 Å². The molecular formula is C27H24FNO3S. The highest BCUT2D eigenvalue weighted by Crippen LogP contribution is 2.32. The number of benzene rings is 4. The van der Waals surface area contributed by atoms with Gasteiger partial charge in [0.2, 0.25) is 9.84 Å². The molecule has 4 rings (SSSR count). The predicted molar refractivity (Wildman–Crippen MR) is 127 cm³/mol. The van der Waals surface area contributed by atoms with Gasteiger partial charge < -0.3 is 10.1 Å². The van der Waals surface area contributed by atoms with Crippen LogP contribution in [0.25, 0.3) is 0 Å². The largest absolute Gasteiger partial charge is 0.456 e. The number of para-hydroxylation sites is 1. The maximum atomic E-state index is 13.3. The van der Waals surface area contributed by atoms with Gasteiger partial charge in [0.15, 0.2) is 0 Å². The summed E-state index contributed by atoms with van der Waals surface area (Å²) in [5.74, 6) is 0.161. The van der Waals surface area contributed by atoms with Gasteiger partial charge in [-0.15, -0.1) is 0 Å². The van der Waals surface area contributed by atoms with Crippen molar-refractivity contribution >= 4 is 9.84 Å². The van der Waals surface area contributed by atoms with E-state index < -0.39 is 15.7 Å². The molecule has 4 nitrogen and oxygen atoms in total. The normalized spacial score (nSPS) is 11.3. The Morgan fingerprint density at radius 1 is 0.727 bits per heavy atom. The van der Waals surface area contributed by atoms with Crippen LogP contribution in [0.5, 0.6) is 11.5 Å². The Kier molecular flexibility index (Phi) is 7.17. The van der Waals surface area contributed by atoms with Crippen LogP contribution in [0.2, 0.25) is 0 Å². The molecule has 0 aliphatic heterocycles. The molecule has 0 saturated carbocycles. The molecule has 6 heteroatoms. The second-order valence-corrected chi connectivity index (χ2v) is 9.48. The van der Waals surface area contributed by atoms with Crippen molar-refractivity contribution in [2.75, 3.05) is 6.54 Å². The van der Waals surface area contributed by atoms with Gasteiger partial charge in [-0.1, -0.05) is 54.6 Å². The Bertz CT molecular complexity index is 1290. The number of halogens is 1. The summed E-state index contributed by atoms with van der Waals surface area (Å²) in [5.41, 5.74) is 2.27. The lowest BCUT2D eigenvalue weighted by molar-refractivity contribution is 0.465. The molecular weight excluding hydrogens is 437 g/mol. The average Bonchev–Trinajstić information content (AvgIpc) is 2.84.